The number of ether oxygens (including phenoxy) is 1. The van der Waals surface area contributed by atoms with Crippen LogP contribution in [0.15, 0.2) is 151 Å². The Morgan fingerprint density at radius 2 is 1.17 bits per heavy atom. The predicted octanol–water partition coefficient (Wildman–Crippen LogP) is 8.62. The van der Waals surface area contributed by atoms with E-state index in [0.717, 1.165) is 56.8 Å². The summed E-state index contributed by atoms with van der Waals surface area (Å²) in [7, 11) is 0. The molecule has 0 bridgehead atoms. The molecule has 2 heterocycles. The predicted molar refractivity (Wildman–Crippen MR) is 170 cm³/mol. The van der Waals surface area contributed by atoms with Crippen LogP contribution in [-0.4, -0.2) is 22.3 Å². The summed E-state index contributed by atoms with van der Waals surface area (Å²) in [6, 6.07) is 47.0. The Kier molecular flexibility index (Phi) is 6.70. The van der Waals surface area contributed by atoms with E-state index in [2.05, 4.69) is 65.7 Å². The Hall–Kier alpha value is -5.62. The molecule has 1 aliphatic heterocycles. The minimum Gasteiger partial charge on any atom is -0.457 e. The third-order valence-electron chi connectivity index (χ3n) is 7.28. The Balaban J connectivity index is 1.15. The second kappa shape index (κ2) is 11.1. The maximum atomic E-state index is 6.36. The Morgan fingerprint density at radius 1 is 0.595 bits per heavy atom. The first kappa shape index (κ1) is 25.4. The van der Waals surface area contributed by atoms with Gasteiger partial charge in [-0.3, -0.25) is 0 Å². The van der Waals surface area contributed by atoms with E-state index in [1.807, 2.05) is 102 Å². The number of rotatable bonds is 7. The van der Waals surface area contributed by atoms with Crippen molar-refractivity contribution in [2.45, 2.75) is 6.92 Å². The van der Waals surface area contributed by atoms with E-state index >= 15 is 0 Å². The average Bonchev–Trinajstić information content (AvgIpc) is 3.67. The van der Waals surface area contributed by atoms with Gasteiger partial charge in [0.2, 0.25) is 0 Å². The normalized spacial score (nSPS) is 12.8. The summed E-state index contributed by atoms with van der Waals surface area (Å²) in [6.07, 6.45) is 2.09. The molecular weight excluding hydrogens is 518 g/mol. The number of para-hydroxylation sites is 1. The molecule has 6 nitrogen and oxygen atoms in total. The fraction of sp³-hybridized carbons (Fsp3) is 0.0556. The minimum absolute atomic E-state index is 0.640. The van der Waals surface area contributed by atoms with Crippen LogP contribution in [0.3, 0.4) is 0 Å². The summed E-state index contributed by atoms with van der Waals surface area (Å²) >= 11 is 0. The van der Waals surface area contributed by atoms with Gasteiger partial charge in [-0.15, -0.1) is 0 Å². The molecule has 0 radical (unpaired) electrons. The molecule has 204 valence electrons. The van der Waals surface area contributed by atoms with Gasteiger partial charge in [0.1, 0.15) is 29.7 Å². The van der Waals surface area contributed by atoms with Crippen LogP contribution in [0.1, 0.15) is 6.92 Å². The zero-order valence-electron chi connectivity index (χ0n) is 23.2. The summed E-state index contributed by atoms with van der Waals surface area (Å²) in [6.45, 7) is 2.67. The molecule has 0 atom stereocenters. The largest absolute Gasteiger partial charge is 0.457 e. The van der Waals surface area contributed by atoms with Crippen LogP contribution in [0.2, 0.25) is 0 Å². The van der Waals surface area contributed by atoms with Gasteiger partial charge in [-0.1, -0.05) is 91.0 Å². The summed E-state index contributed by atoms with van der Waals surface area (Å²) in [5.74, 6) is 2.42. The van der Waals surface area contributed by atoms with Crippen LogP contribution >= 0.6 is 0 Å². The molecule has 0 amide bonds. The lowest BCUT2D eigenvalue weighted by molar-refractivity contribution is 0.482. The highest BCUT2D eigenvalue weighted by atomic mass is 16.5. The van der Waals surface area contributed by atoms with Gasteiger partial charge in [0.25, 0.3) is 0 Å². The molecular formula is C36H29N5O. The molecule has 0 N–H and O–H groups in total. The maximum absolute atomic E-state index is 6.36. The van der Waals surface area contributed by atoms with Crippen molar-refractivity contribution >= 4 is 17.2 Å². The number of anilines is 2. The highest BCUT2D eigenvalue weighted by Crippen LogP contribution is 2.34. The van der Waals surface area contributed by atoms with Crippen LogP contribution in [0.5, 0.6) is 11.5 Å². The van der Waals surface area contributed by atoms with Crippen LogP contribution in [0, 0.1) is 0 Å². The smallest absolute Gasteiger partial charge is 0.129 e. The van der Waals surface area contributed by atoms with Crippen molar-refractivity contribution in [1.29, 1.82) is 0 Å². The number of benzene rings is 5. The molecule has 0 aliphatic carbocycles. The van der Waals surface area contributed by atoms with Crippen molar-refractivity contribution in [3.8, 4) is 39.6 Å². The van der Waals surface area contributed by atoms with Gasteiger partial charge in [0.15, 0.2) is 0 Å². The number of hydrogen-bond acceptors (Lipinski definition) is 5. The van der Waals surface area contributed by atoms with Crippen LogP contribution in [-0.2, 0) is 0 Å². The lowest BCUT2D eigenvalue weighted by Crippen LogP contribution is -2.29. The molecule has 0 saturated carbocycles. The first-order valence-corrected chi connectivity index (χ1v) is 14.0. The molecule has 0 fully saturated rings. The molecule has 0 saturated heterocycles. The van der Waals surface area contributed by atoms with Crippen molar-refractivity contribution in [1.82, 2.24) is 9.78 Å². The number of nitrogens with zero attached hydrogens (tertiary/aromatic N) is 5. The number of aromatic nitrogens is 2. The lowest BCUT2D eigenvalue weighted by atomic mass is 10.0. The summed E-state index contributed by atoms with van der Waals surface area (Å²) in [5, 5.41) is 11.8. The van der Waals surface area contributed by atoms with E-state index in [0.29, 0.717) is 6.67 Å². The molecule has 5 aromatic carbocycles. The summed E-state index contributed by atoms with van der Waals surface area (Å²) < 4.78 is 8.28. The van der Waals surface area contributed by atoms with Gasteiger partial charge in [0.05, 0.1) is 11.4 Å². The van der Waals surface area contributed by atoms with E-state index in [1.54, 1.807) is 0 Å². The van der Waals surface area contributed by atoms with E-state index in [4.69, 9.17) is 14.9 Å². The van der Waals surface area contributed by atoms with Gasteiger partial charge in [0, 0.05) is 35.1 Å². The molecule has 0 unspecified atom stereocenters. The first-order chi connectivity index (χ1) is 20.7. The van der Waals surface area contributed by atoms with Gasteiger partial charge < -0.3 is 9.64 Å². The van der Waals surface area contributed by atoms with E-state index in [9.17, 15) is 0 Å². The first-order valence-electron chi connectivity index (χ1n) is 14.0. The molecule has 0 spiro atoms. The monoisotopic (exact) mass is 547 g/mol. The Labute approximate surface area is 245 Å². The fourth-order valence-electron chi connectivity index (χ4n) is 5.19. The second-order valence-corrected chi connectivity index (χ2v) is 10.1. The summed E-state index contributed by atoms with van der Waals surface area (Å²) in [5.41, 5.74) is 7.21. The highest BCUT2D eigenvalue weighted by Gasteiger charge is 2.22. The zero-order chi connectivity index (χ0) is 28.3. The molecule has 6 aromatic rings. The second-order valence-electron chi connectivity index (χ2n) is 10.1. The number of hydrazone groups is 1. The van der Waals surface area contributed by atoms with E-state index in [-0.39, 0.29) is 0 Å². The minimum atomic E-state index is 0.640. The van der Waals surface area contributed by atoms with Crippen LogP contribution in [0.25, 0.3) is 28.1 Å². The zero-order valence-corrected chi connectivity index (χ0v) is 23.2. The van der Waals surface area contributed by atoms with Crippen molar-refractivity contribution in [3.63, 3.8) is 0 Å². The van der Waals surface area contributed by atoms with Crippen molar-refractivity contribution in [2.75, 3.05) is 16.6 Å². The lowest BCUT2D eigenvalue weighted by Gasteiger charge is -2.20. The molecule has 42 heavy (non-hydrogen) atoms. The van der Waals surface area contributed by atoms with E-state index in [1.165, 1.54) is 0 Å². The van der Waals surface area contributed by atoms with Gasteiger partial charge in [-0.2, -0.15) is 10.2 Å². The third kappa shape index (κ3) is 5.13. The number of hydrogen-bond donors (Lipinski definition) is 0. The van der Waals surface area contributed by atoms with Crippen molar-refractivity contribution in [3.05, 3.63) is 146 Å². The van der Waals surface area contributed by atoms with Gasteiger partial charge >= 0.3 is 0 Å². The number of amidine groups is 1. The third-order valence-corrected chi connectivity index (χ3v) is 7.28. The highest BCUT2D eigenvalue weighted by molar-refractivity contribution is 5.98. The fourth-order valence-corrected chi connectivity index (χ4v) is 5.19. The van der Waals surface area contributed by atoms with Crippen LogP contribution in [0.4, 0.5) is 11.4 Å². The molecule has 1 aliphatic rings. The summed E-state index contributed by atoms with van der Waals surface area (Å²) in [4.78, 5) is 2.19. The van der Waals surface area contributed by atoms with Crippen molar-refractivity contribution in [2.24, 2.45) is 5.10 Å². The average molecular weight is 548 g/mol. The SMILES string of the molecule is CC1=NN(c2cccc(Oc3cccc(-n4cc(-c5ccccc5)c(-c5ccccc5)n4)c3)c2)CN1c1ccccc1. The molecule has 6 heteroatoms. The van der Waals surface area contributed by atoms with Crippen molar-refractivity contribution < 1.29 is 4.74 Å². The van der Waals surface area contributed by atoms with Crippen LogP contribution < -0.4 is 14.6 Å². The quantitative estimate of drug-likeness (QED) is 0.201. The maximum Gasteiger partial charge on any atom is 0.129 e. The van der Waals surface area contributed by atoms with Gasteiger partial charge in [-0.05, 0) is 48.9 Å². The topological polar surface area (TPSA) is 45.9 Å². The molecule has 7 rings (SSSR count). The Bertz CT molecular complexity index is 1790. The van der Waals surface area contributed by atoms with Gasteiger partial charge in [-0.25, -0.2) is 9.69 Å². The Morgan fingerprint density at radius 3 is 1.86 bits per heavy atom. The van der Waals surface area contributed by atoms with E-state index < -0.39 is 0 Å². The molecule has 1 aromatic heterocycles. The standard InChI is InChI=1S/C36H29N5O/c1-27-37-41(26-39(27)30-17-9-4-10-18-30)32-20-12-22-34(24-32)42-33-21-11-19-31(23-33)40-25-35(28-13-5-2-6-14-28)36(38-40)29-15-7-3-8-16-29/h2-25H,26H2,1H3.